The summed E-state index contributed by atoms with van der Waals surface area (Å²) in [5.41, 5.74) is 3.55. The van der Waals surface area contributed by atoms with Gasteiger partial charge in [-0.3, -0.25) is 13.9 Å². The molecule has 1 N–H and O–H groups in total. The highest BCUT2D eigenvalue weighted by Crippen LogP contribution is 2.26. The Labute approximate surface area is 249 Å². The summed E-state index contributed by atoms with van der Waals surface area (Å²) in [6.45, 7) is 7.64. The molecule has 0 spiro atoms. The number of aryl methyl sites for hydroxylation is 1. The predicted octanol–water partition coefficient (Wildman–Crippen LogP) is 5.54. The van der Waals surface area contributed by atoms with Gasteiger partial charge in [-0.2, -0.15) is 0 Å². The van der Waals surface area contributed by atoms with Gasteiger partial charge in [-0.1, -0.05) is 67.6 Å². The first kappa shape index (κ1) is 32.8. The molecular formula is C33H42FN3O4S. The number of anilines is 1. The molecule has 2 atom stereocenters. The predicted molar refractivity (Wildman–Crippen MR) is 166 cm³/mol. The molecule has 0 fully saturated rings. The van der Waals surface area contributed by atoms with E-state index < -0.39 is 21.9 Å². The number of amides is 2. The van der Waals surface area contributed by atoms with Crippen molar-refractivity contribution in [3.05, 3.63) is 101 Å². The van der Waals surface area contributed by atoms with Crippen LogP contribution in [-0.2, 0) is 32.6 Å². The van der Waals surface area contributed by atoms with Crippen molar-refractivity contribution in [1.29, 1.82) is 0 Å². The van der Waals surface area contributed by atoms with Gasteiger partial charge >= 0.3 is 0 Å². The maximum absolute atomic E-state index is 14.8. The fourth-order valence-electron chi connectivity index (χ4n) is 4.79. The van der Waals surface area contributed by atoms with E-state index in [4.69, 9.17) is 0 Å². The number of nitrogens with one attached hydrogen (secondary N) is 1. The first-order chi connectivity index (χ1) is 19.9. The summed E-state index contributed by atoms with van der Waals surface area (Å²) < 4.78 is 41.6. The molecule has 0 unspecified atom stereocenters. The van der Waals surface area contributed by atoms with E-state index in [1.807, 2.05) is 64.1 Å². The molecular weight excluding hydrogens is 553 g/mol. The Balaban J connectivity index is 1.92. The molecule has 0 heterocycles. The van der Waals surface area contributed by atoms with Gasteiger partial charge < -0.3 is 10.2 Å². The summed E-state index contributed by atoms with van der Waals surface area (Å²) in [6.07, 6.45) is 2.31. The number of carbonyl (C=O) groups excluding carboxylic acids is 2. The van der Waals surface area contributed by atoms with Gasteiger partial charge in [0.25, 0.3) is 0 Å². The summed E-state index contributed by atoms with van der Waals surface area (Å²) in [4.78, 5) is 29.0. The Kier molecular flexibility index (Phi) is 11.7. The lowest BCUT2D eigenvalue weighted by Crippen LogP contribution is -2.52. The fraction of sp³-hybridized carbons (Fsp3) is 0.394. The topological polar surface area (TPSA) is 86.8 Å². The molecule has 7 nitrogen and oxygen atoms in total. The number of benzene rings is 3. The van der Waals surface area contributed by atoms with Crippen LogP contribution in [0.3, 0.4) is 0 Å². The minimum absolute atomic E-state index is 0.0206. The molecule has 0 saturated heterocycles. The van der Waals surface area contributed by atoms with Crippen LogP contribution in [0.2, 0.25) is 0 Å². The van der Waals surface area contributed by atoms with Crippen LogP contribution in [0.25, 0.3) is 0 Å². The summed E-state index contributed by atoms with van der Waals surface area (Å²) in [6, 6.07) is 20.1. The molecule has 2 amide bonds. The van der Waals surface area contributed by atoms with Crippen molar-refractivity contribution in [1.82, 2.24) is 10.2 Å². The molecule has 3 aromatic carbocycles. The lowest BCUT2D eigenvalue weighted by molar-refractivity contribution is -0.141. The molecule has 3 rings (SSSR count). The number of hydrogen-bond acceptors (Lipinski definition) is 4. The lowest BCUT2D eigenvalue weighted by atomic mass is 10.0. The second-order valence-electron chi connectivity index (χ2n) is 10.8. The van der Waals surface area contributed by atoms with Crippen molar-refractivity contribution in [2.24, 2.45) is 0 Å². The fourth-order valence-corrected chi connectivity index (χ4v) is 5.81. The second kappa shape index (κ2) is 15.0. The van der Waals surface area contributed by atoms with Crippen LogP contribution in [-0.4, -0.2) is 50.0 Å². The molecule has 0 saturated carbocycles. The zero-order valence-corrected chi connectivity index (χ0v) is 26.0. The van der Waals surface area contributed by atoms with Crippen LogP contribution in [0.5, 0.6) is 0 Å². The molecule has 0 aromatic heterocycles. The molecule has 42 heavy (non-hydrogen) atoms. The summed E-state index contributed by atoms with van der Waals surface area (Å²) in [5, 5.41) is 3.00. The molecule has 9 heteroatoms. The first-order valence-corrected chi connectivity index (χ1v) is 16.2. The van der Waals surface area contributed by atoms with E-state index in [9.17, 15) is 22.4 Å². The minimum Gasteiger partial charge on any atom is -0.352 e. The van der Waals surface area contributed by atoms with Crippen molar-refractivity contribution in [2.45, 2.75) is 72.0 Å². The number of nitrogens with zero attached hydrogens (tertiary/aromatic N) is 2. The highest BCUT2D eigenvalue weighted by molar-refractivity contribution is 7.92. The number of halogens is 1. The third-order valence-corrected chi connectivity index (χ3v) is 8.75. The third-order valence-electron chi connectivity index (χ3n) is 7.57. The van der Waals surface area contributed by atoms with E-state index in [-0.39, 0.29) is 50.2 Å². The monoisotopic (exact) mass is 595 g/mol. The van der Waals surface area contributed by atoms with E-state index >= 15 is 0 Å². The van der Waals surface area contributed by atoms with Crippen molar-refractivity contribution in [2.75, 3.05) is 17.1 Å². The van der Waals surface area contributed by atoms with Gasteiger partial charge in [-0.05, 0) is 62.4 Å². The average Bonchev–Trinajstić information content (AvgIpc) is 2.95. The van der Waals surface area contributed by atoms with Crippen LogP contribution in [0.4, 0.5) is 10.1 Å². The Hall–Kier alpha value is -3.72. The van der Waals surface area contributed by atoms with Crippen molar-refractivity contribution in [3.63, 3.8) is 0 Å². The summed E-state index contributed by atoms with van der Waals surface area (Å²) >= 11 is 0. The largest absolute Gasteiger partial charge is 0.352 e. The highest BCUT2D eigenvalue weighted by atomic mass is 32.2. The number of hydrogen-bond donors (Lipinski definition) is 1. The molecule has 3 aromatic rings. The maximum atomic E-state index is 14.8. The Bertz CT molecular complexity index is 1460. The van der Waals surface area contributed by atoms with E-state index in [0.29, 0.717) is 17.7 Å². The van der Waals surface area contributed by atoms with Crippen LogP contribution >= 0.6 is 0 Å². The van der Waals surface area contributed by atoms with E-state index in [1.165, 1.54) is 15.3 Å². The molecule has 0 radical (unpaired) electrons. The van der Waals surface area contributed by atoms with Gasteiger partial charge in [0.2, 0.25) is 21.8 Å². The number of carbonyl (C=O) groups is 2. The molecule has 226 valence electrons. The van der Waals surface area contributed by atoms with Crippen LogP contribution in [0, 0.1) is 19.7 Å². The second-order valence-corrected chi connectivity index (χ2v) is 12.7. The molecule has 0 aliphatic heterocycles. The van der Waals surface area contributed by atoms with Crippen LogP contribution in [0.15, 0.2) is 72.8 Å². The third kappa shape index (κ3) is 8.89. The SMILES string of the molecule is CC[C@@H](C)NC(=O)[C@H](Cc1ccccc1)N(Cc1ccccc1F)C(=O)CCCN(c1cccc(C)c1C)S(C)(=O)=O. The molecule has 0 bridgehead atoms. The average molecular weight is 596 g/mol. The highest BCUT2D eigenvalue weighted by Gasteiger charge is 2.31. The van der Waals surface area contributed by atoms with Crippen LogP contribution < -0.4 is 9.62 Å². The quantitative estimate of drug-likeness (QED) is 0.265. The first-order valence-electron chi connectivity index (χ1n) is 14.3. The Morgan fingerprint density at radius 1 is 0.952 bits per heavy atom. The zero-order valence-electron chi connectivity index (χ0n) is 25.1. The smallest absolute Gasteiger partial charge is 0.243 e. The van der Waals surface area contributed by atoms with Crippen molar-refractivity contribution < 1.29 is 22.4 Å². The van der Waals surface area contributed by atoms with E-state index in [0.717, 1.165) is 22.9 Å². The van der Waals surface area contributed by atoms with Crippen LogP contribution in [0.1, 0.15) is 55.4 Å². The van der Waals surface area contributed by atoms with Gasteiger partial charge in [0.1, 0.15) is 11.9 Å². The lowest BCUT2D eigenvalue weighted by Gasteiger charge is -2.33. The maximum Gasteiger partial charge on any atom is 0.243 e. The number of rotatable bonds is 14. The van der Waals surface area contributed by atoms with Crippen molar-refractivity contribution >= 4 is 27.5 Å². The van der Waals surface area contributed by atoms with Gasteiger partial charge in [-0.25, -0.2) is 12.8 Å². The normalized spacial score (nSPS) is 12.8. The van der Waals surface area contributed by atoms with Gasteiger partial charge in [0.15, 0.2) is 0 Å². The Morgan fingerprint density at radius 2 is 1.62 bits per heavy atom. The van der Waals surface area contributed by atoms with E-state index in [2.05, 4.69) is 5.32 Å². The Morgan fingerprint density at radius 3 is 2.26 bits per heavy atom. The standard InChI is InChI=1S/C33H42FN3O4S/c1-6-25(3)35-33(39)31(22-27-15-8-7-9-16-27)36(23-28-17-10-11-18-29(28)34)32(38)20-13-21-37(42(5,40)41)30-19-12-14-24(2)26(30)4/h7-12,14-19,25,31H,6,13,20-23H2,1-5H3,(H,35,39)/t25-,31+/m1/s1. The van der Waals surface area contributed by atoms with Gasteiger partial charge in [-0.15, -0.1) is 0 Å². The minimum atomic E-state index is -3.62. The van der Waals surface area contributed by atoms with E-state index in [1.54, 1.807) is 30.3 Å². The van der Waals surface area contributed by atoms with Gasteiger partial charge in [0, 0.05) is 37.5 Å². The van der Waals surface area contributed by atoms with Crippen molar-refractivity contribution in [3.8, 4) is 0 Å². The summed E-state index contributed by atoms with van der Waals surface area (Å²) in [5.74, 6) is -1.13. The van der Waals surface area contributed by atoms with Gasteiger partial charge in [0.05, 0.1) is 11.9 Å². The molecule has 0 aliphatic carbocycles. The molecule has 0 aliphatic rings. The number of sulfonamides is 1. The zero-order chi connectivity index (χ0) is 30.9. The summed E-state index contributed by atoms with van der Waals surface area (Å²) in [7, 11) is -3.62.